The Labute approximate surface area is 187 Å². The molecule has 0 aliphatic carbocycles. The van der Waals surface area contributed by atoms with Crippen LogP contribution in [0.3, 0.4) is 0 Å². The van der Waals surface area contributed by atoms with Crippen molar-refractivity contribution in [3.8, 4) is 6.07 Å². The molecule has 0 bridgehead atoms. The van der Waals surface area contributed by atoms with Gasteiger partial charge >= 0.3 is 6.09 Å². The van der Waals surface area contributed by atoms with Gasteiger partial charge in [0.25, 0.3) is 0 Å². The average Bonchev–Trinajstić information content (AvgIpc) is 3.21. The Morgan fingerprint density at radius 3 is 2.56 bits per heavy atom. The molecule has 0 atom stereocenters. The Kier molecular flexibility index (Phi) is 5.61. The van der Waals surface area contributed by atoms with Gasteiger partial charge in [-0.05, 0) is 49.7 Å². The second-order valence-electron chi connectivity index (χ2n) is 8.31. The number of hydrogen-bond acceptors (Lipinski definition) is 5. The molecule has 7 heteroatoms. The van der Waals surface area contributed by atoms with Crippen LogP contribution in [0.4, 0.5) is 16.3 Å². The van der Waals surface area contributed by atoms with Gasteiger partial charge in [0, 0.05) is 18.7 Å². The van der Waals surface area contributed by atoms with E-state index in [1.54, 1.807) is 11.2 Å². The number of anilines is 2. The van der Waals surface area contributed by atoms with E-state index in [2.05, 4.69) is 15.5 Å². The molecule has 162 valence electrons. The number of amides is 1. The Bertz CT molecular complexity index is 1160. The van der Waals surface area contributed by atoms with Crippen LogP contribution in [0.5, 0.6) is 0 Å². The van der Waals surface area contributed by atoms with Gasteiger partial charge in [-0.25, -0.2) is 14.7 Å². The molecule has 1 amide bonds. The molecule has 1 fully saturated rings. The van der Waals surface area contributed by atoms with E-state index in [0.29, 0.717) is 17.9 Å². The Balaban J connectivity index is 1.53. The summed E-state index contributed by atoms with van der Waals surface area (Å²) in [5, 5.41) is 9.08. The summed E-state index contributed by atoms with van der Waals surface area (Å²) in [6.45, 7) is 3.70. The molecule has 0 saturated carbocycles. The summed E-state index contributed by atoms with van der Waals surface area (Å²) in [5.74, 6) is 0.626. The number of likely N-dealkylation sites (tertiary alicyclic amines) is 1. The van der Waals surface area contributed by atoms with Gasteiger partial charge in [-0.2, -0.15) is 5.26 Å². The Hall–Kier alpha value is -3.63. The third-order valence-corrected chi connectivity index (χ3v) is 6.16. The third-order valence-electron chi connectivity index (χ3n) is 6.16. The minimum absolute atomic E-state index is 0.277. The molecule has 1 aromatic heterocycles. The van der Waals surface area contributed by atoms with Crippen molar-refractivity contribution in [2.75, 3.05) is 18.0 Å². The van der Waals surface area contributed by atoms with Crippen LogP contribution in [-0.2, 0) is 24.4 Å². The lowest BCUT2D eigenvalue weighted by Gasteiger charge is -2.30. The average molecular weight is 428 g/mol. The monoisotopic (exact) mass is 427 g/mol. The van der Waals surface area contributed by atoms with E-state index >= 15 is 0 Å². The number of fused-ring (bicyclic) bond motifs is 1. The molecule has 7 nitrogen and oxygen atoms in total. The molecule has 5 rings (SSSR count). The SMILES string of the molecule is N#Cc1ccc(Cn2cnc(N3C(=O)OCc4ccccc43)c2CN2CCCCC2)cc1. The van der Waals surface area contributed by atoms with Gasteiger partial charge in [0.15, 0.2) is 5.82 Å². The highest BCUT2D eigenvalue weighted by atomic mass is 16.6. The van der Waals surface area contributed by atoms with Crippen molar-refractivity contribution < 1.29 is 9.53 Å². The number of aromatic nitrogens is 2. The number of cyclic esters (lactones) is 1. The van der Waals surface area contributed by atoms with Crippen LogP contribution >= 0.6 is 0 Å². The van der Waals surface area contributed by atoms with Crippen molar-refractivity contribution in [1.82, 2.24) is 14.5 Å². The van der Waals surface area contributed by atoms with Crippen LogP contribution in [0.2, 0.25) is 0 Å². The topological polar surface area (TPSA) is 74.4 Å². The smallest absolute Gasteiger partial charge is 0.420 e. The summed E-state index contributed by atoms with van der Waals surface area (Å²) in [4.78, 5) is 21.6. The first kappa shape index (κ1) is 20.3. The van der Waals surface area contributed by atoms with E-state index < -0.39 is 6.09 Å². The van der Waals surface area contributed by atoms with Crippen LogP contribution in [0, 0.1) is 11.3 Å². The van der Waals surface area contributed by atoms with E-state index in [9.17, 15) is 4.79 Å². The number of nitriles is 1. The van der Waals surface area contributed by atoms with E-state index in [0.717, 1.165) is 42.1 Å². The van der Waals surface area contributed by atoms with Crippen molar-refractivity contribution in [2.45, 2.75) is 39.0 Å². The van der Waals surface area contributed by atoms with E-state index in [1.807, 2.05) is 48.5 Å². The number of carbonyl (C=O) groups is 1. The number of piperidine rings is 1. The fourth-order valence-electron chi connectivity index (χ4n) is 4.45. The lowest BCUT2D eigenvalue weighted by atomic mass is 10.1. The normalized spacial score (nSPS) is 16.3. The maximum atomic E-state index is 12.9. The van der Waals surface area contributed by atoms with E-state index in [-0.39, 0.29) is 6.61 Å². The number of carbonyl (C=O) groups excluding carboxylic acids is 1. The summed E-state index contributed by atoms with van der Waals surface area (Å²) < 4.78 is 7.57. The number of benzene rings is 2. The molecule has 2 aromatic carbocycles. The number of nitrogens with zero attached hydrogens (tertiary/aromatic N) is 5. The van der Waals surface area contributed by atoms with Gasteiger partial charge in [-0.3, -0.25) is 4.90 Å². The molecule has 32 heavy (non-hydrogen) atoms. The highest BCUT2D eigenvalue weighted by molar-refractivity contribution is 5.97. The van der Waals surface area contributed by atoms with Crippen molar-refractivity contribution in [2.24, 2.45) is 0 Å². The van der Waals surface area contributed by atoms with Crippen molar-refractivity contribution >= 4 is 17.6 Å². The molecule has 3 heterocycles. The molecule has 2 aliphatic heterocycles. The van der Waals surface area contributed by atoms with E-state index in [1.165, 1.54) is 19.3 Å². The van der Waals surface area contributed by atoms with Gasteiger partial charge in [0.1, 0.15) is 6.61 Å². The van der Waals surface area contributed by atoms with Gasteiger partial charge in [-0.1, -0.05) is 36.8 Å². The zero-order valence-electron chi connectivity index (χ0n) is 17.9. The molecule has 1 saturated heterocycles. The molecule has 2 aliphatic rings. The number of para-hydroxylation sites is 1. The molecule has 0 unspecified atom stereocenters. The summed E-state index contributed by atoms with van der Waals surface area (Å²) in [5.41, 5.74) is 4.51. The minimum atomic E-state index is -0.396. The highest BCUT2D eigenvalue weighted by Crippen LogP contribution is 2.35. The van der Waals surface area contributed by atoms with Gasteiger partial charge < -0.3 is 9.30 Å². The Morgan fingerprint density at radius 1 is 1.00 bits per heavy atom. The van der Waals surface area contributed by atoms with Crippen LogP contribution in [0.25, 0.3) is 0 Å². The number of rotatable bonds is 5. The second-order valence-corrected chi connectivity index (χ2v) is 8.31. The second kappa shape index (κ2) is 8.85. The van der Waals surface area contributed by atoms with Crippen LogP contribution in [-0.4, -0.2) is 33.6 Å². The molecule has 0 N–H and O–H groups in total. The first-order valence-electron chi connectivity index (χ1n) is 11.0. The van der Waals surface area contributed by atoms with E-state index in [4.69, 9.17) is 15.0 Å². The number of hydrogen-bond donors (Lipinski definition) is 0. The van der Waals surface area contributed by atoms with Gasteiger partial charge in [-0.15, -0.1) is 0 Å². The fourth-order valence-corrected chi connectivity index (χ4v) is 4.45. The first-order chi connectivity index (χ1) is 15.7. The van der Waals surface area contributed by atoms with Crippen molar-refractivity contribution in [3.63, 3.8) is 0 Å². The molecule has 0 spiro atoms. The van der Waals surface area contributed by atoms with Crippen LogP contribution in [0.1, 0.15) is 41.6 Å². The summed E-state index contributed by atoms with van der Waals surface area (Å²) in [6.07, 6.45) is 5.05. The zero-order valence-corrected chi connectivity index (χ0v) is 17.9. The lowest BCUT2D eigenvalue weighted by Crippen LogP contribution is -2.34. The number of imidazole rings is 1. The largest absolute Gasteiger partial charge is 0.444 e. The quantitative estimate of drug-likeness (QED) is 0.596. The maximum Gasteiger partial charge on any atom is 0.420 e. The van der Waals surface area contributed by atoms with Crippen molar-refractivity contribution in [3.05, 3.63) is 77.2 Å². The van der Waals surface area contributed by atoms with Gasteiger partial charge in [0.05, 0.1) is 29.3 Å². The minimum Gasteiger partial charge on any atom is -0.444 e. The molecular formula is C25H25N5O2. The van der Waals surface area contributed by atoms with Crippen molar-refractivity contribution in [1.29, 1.82) is 5.26 Å². The predicted molar refractivity (Wildman–Crippen MR) is 120 cm³/mol. The number of ether oxygens (including phenoxy) is 1. The van der Waals surface area contributed by atoms with Gasteiger partial charge in [0.2, 0.25) is 0 Å². The zero-order chi connectivity index (χ0) is 21.9. The standard InChI is InChI=1S/C25H25N5O2/c26-14-19-8-10-20(11-9-19)15-29-18-27-24(23(29)16-28-12-4-1-5-13-28)30-22-7-3-2-6-21(22)17-32-25(30)31/h2-3,6-11,18H,1,4-5,12-13,15-17H2. The summed E-state index contributed by atoms with van der Waals surface area (Å²) in [6, 6.07) is 17.6. The first-order valence-corrected chi connectivity index (χ1v) is 11.0. The fraction of sp³-hybridized carbons (Fsp3) is 0.320. The third kappa shape index (κ3) is 3.97. The Morgan fingerprint density at radius 2 is 1.78 bits per heavy atom. The maximum absolute atomic E-state index is 12.9. The predicted octanol–water partition coefficient (Wildman–Crippen LogP) is 4.58. The highest BCUT2D eigenvalue weighted by Gasteiger charge is 2.32. The molecule has 0 radical (unpaired) electrons. The van der Waals surface area contributed by atoms with Crippen LogP contribution < -0.4 is 4.90 Å². The van der Waals surface area contributed by atoms with Crippen LogP contribution in [0.15, 0.2) is 54.9 Å². The summed E-state index contributed by atoms with van der Waals surface area (Å²) >= 11 is 0. The molecule has 3 aromatic rings. The molecular weight excluding hydrogens is 402 g/mol. The summed E-state index contributed by atoms with van der Waals surface area (Å²) in [7, 11) is 0. The lowest BCUT2D eigenvalue weighted by molar-refractivity contribution is 0.145.